The lowest BCUT2D eigenvalue weighted by atomic mass is 10.1. The Balaban J connectivity index is 1.74. The zero-order valence-corrected chi connectivity index (χ0v) is 16.6. The molecule has 1 aromatic carbocycles. The van der Waals surface area contributed by atoms with Crippen molar-refractivity contribution in [3.05, 3.63) is 35.0 Å². The largest absolute Gasteiger partial charge is 0.447 e. The number of rotatable bonds is 6. The lowest BCUT2D eigenvalue weighted by Gasteiger charge is -2.22. The maximum absolute atomic E-state index is 12.8. The Kier molecular flexibility index (Phi) is 6.07. The van der Waals surface area contributed by atoms with Gasteiger partial charge < -0.3 is 19.4 Å². The van der Waals surface area contributed by atoms with E-state index in [-0.39, 0.29) is 23.6 Å². The molecule has 1 saturated heterocycles. The van der Waals surface area contributed by atoms with E-state index >= 15 is 0 Å². The molecule has 2 aromatic rings. The smallest absolute Gasteiger partial charge is 0.357 e. The van der Waals surface area contributed by atoms with E-state index in [4.69, 9.17) is 21.1 Å². The number of halogens is 1. The van der Waals surface area contributed by atoms with Gasteiger partial charge in [0.25, 0.3) is 5.91 Å². The fraction of sp³-hybridized carbons (Fsp3) is 0.500. The molecule has 0 spiro atoms. The van der Waals surface area contributed by atoms with E-state index in [1.807, 2.05) is 38.1 Å². The number of carbonyl (C=O) groups excluding carboxylic acids is 2. The first-order valence-corrected chi connectivity index (χ1v) is 9.61. The first kappa shape index (κ1) is 19.7. The molecular formula is C20H25ClN2O4. The summed E-state index contributed by atoms with van der Waals surface area (Å²) in [4.78, 5) is 25.4. The molecule has 0 saturated carbocycles. The maximum atomic E-state index is 12.8. The number of fused-ring (bicyclic) bond motifs is 1. The van der Waals surface area contributed by atoms with Gasteiger partial charge in [0.05, 0.1) is 11.1 Å². The third-order valence-electron chi connectivity index (χ3n) is 4.86. The maximum Gasteiger partial charge on any atom is 0.357 e. The third kappa shape index (κ3) is 4.12. The molecule has 0 unspecified atom stereocenters. The first-order valence-electron chi connectivity index (χ1n) is 9.23. The van der Waals surface area contributed by atoms with Crippen molar-refractivity contribution < 1.29 is 19.1 Å². The molecule has 0 bridgehead atoms. The topological polar surface area (TPSA) is 69.6 Å². The Labute approximate surface area is 163 Å². The molecule has 3 rings (SSSR count). The van der Waals surface area contributed by atoms with Crippen LogP contribution in [-0.4, -0.2) is 41.8 Å². The molecule has 2 atom stereocenters. The zero-order valence-electron chi connectivity index (χ0n) is 15.8. The van der Waals surface area contributed by atoms with E-state index < -0.39 is 12.1 Å². The summed E-state index contributed by atoms with van der Waals surface area (Å²) in [5, 5.41) is 3.95. The number of hydrogen-bond donors (Lipinski definition) is 1. The summed E-state index contributed by atoms with van der Waals surface area (Å²) in [5.74, 6) is -1.10. The highest BCUT2D eigenvalue weighted by molar-refractivity contribution is 6.38. The average molecular weight is 393 g/mol. The Hall–Kier alpha value is -2.05. The van der Waals surface area contributed by atoms with E-state index in [0.29, 0.717) is 11.6 Å². The molecule has 1 aromatic heterocycles. The SMILES string of the molecule is CC(C)[C@@H](OC(=O)c1c(Cl)c2ccccc2n1C)C(=O)NC[C@H]1CCCO1. The lowest BCUT2D eigenvalue weighted by molar-refractivity contribution is -0.132. The van der Waals surface area contributed by atoms with Gasteiger partial charge in [0.15, 0.2) is 6.10 Å². The monoisotopic (exact) mass is 392 g/mol. The molecule has 27 heavy (non-hydrogen) atoms. The van der Waals surface area contributed by atoms with Crippen LogP contribution in [0, 0.1) is 5.92 Å². The predicted octanol–water partition coefficient (Wildman–Crippen LogP) is 3.31. The molecule has 6 nitrogen and oxygen atoms in total. The standard InChI is InChI=1S/C20H25ClN2O4/c1-12(2)18(19(24)22-11-13-7-6-10-26-13)27-20(25)17-16(21)14-8-4-5-9-15(14)23(17)3/h4-5,8-9,12-13,18H,6-7,10-11H2,1-3H3,(H,22,24)/t13-,18-/m1/s1. The van der Waals surface area contributed by atoms with Crippen molar-refractivity contribution >= 4 is 34.4 Å². The van der Waals surface area contributed by atoms with E-state index in [1.54, 1.807) is 11.6 Å². The molecule has 1 amide bonds. The number of aromatic nitrogens is 1. The van der Waals surface area contributed by atoms with Gasteiger partial charge in [0.1, 0.15) is 5.69 Å². The summed E-state index contributed by atoms with van der Waals surface area (Å²) < 4.78 is 12.8. The average Bonchev–Trinajstić information content (AvgIpc) is 3.25. The number of nitrogens with zero attached hydrogens (tertiary/aromatic N) is 1. The van der Waals surface area contributed by atoms with Crippen molar-refractivity contribution in [1.29, 1.82) is 0 Å². The second-order valence-electron chi connectivity index (χ2n) is 7.19. The van der Waals surface area contributed by atoms with Crippen LogP contribution < -0.4 is 5.32 Å². The normalized spacial score (nSPS) is 18.0. The van der Waals surface area contributed by atoms with Crippen LogP contribution >= 0.6 is 11.6 Å². The second kappa shape index (κ2) is 8.31. The highest BCUT2D eigenvalue weighted by Crippen LogP contribution is 2.30. The number of carbonyl (C=O) groups is 2. The van der Waals surface area contributed by atoms with Gasteiger partial charge in [-0.05, 0) is 24.8 Å². The van der Waals surface area contributed by atoms with Gasteiger partial charge in [-0.3, -0.25) is 4.79 Å². The van der Waals surface area contributed by atoms with Crippen molar-refractivity contribution in [2.45, 2.75) is 38.9 Å². The molecular weight excluding hydrogens is 368 g/mol. The van der Waals surface area contributed by atoms with Crippen molar-refractivity contribution in [2.24, 2.45) is 13.0 Å². The van der Waals surface area contributed by atoms with Crippen LogP contribution in [-0.2, 0) is 21.3 Å². The molecule has 1 N–H and O–H groups in total. The molecule has 2 heterocycles. The van der Waals surface area contributed by atoms with E-state index in [1.165, 1.54) is 0 Å². The summed E-state index contributed by atoms with van der Waals surface area (Å²) >= 11 is 6.41. The molecule has 0 aliphatic carbocycles. The molecule has 146 valence electrons. The summed E-state index contributed by atoms with van der Waals surface area (Å²) in [6, 6.07) is 7.47. The summed E-state index contributed by atoms with van der Waals surface area (Å²) in [6.45, 7) is 4.83. The van der Waals surface area contributed by atoms with Crippen LogP contribution in [0.1, 0.15) is 37.2 Å². The highest BCUT2D eigenvalue weighted by Gasteiger charge is 2.30. The van der Waals surface area contributed by atoms with E-state index in [0.717, 1.165) is 30.4 Å². The first-order chi connectivity index (χ1) is 12.9. The summed E-state index contributed by atoms with van der Waals surface area (Å²) in [6.07, 6.45) is 1.07. The van der Waals surface area contributed by atoms with Gasteiger partial charge in [0, 0.05) is 31.1 Å². The number of benzene rings is 1. The summed E-state index contributed by atoms with van der Waals surface area (Å²) in [5.41, 5.74) is 1.08. The van der Waals surface area contributed by atoms with Crippen LogP contribution in [0.3, 0.4) is 0 Å². The van der Waals surface area contributed by atoms with Crippen molar-refractivity contribution in [3.63, 3.8) is 0 Å². The second-order valence-corrected chi connectivity index (χ2v) is 7.57. The van der Waals surface area contributed by atoms with Crippen LogP contribution in [0.5, 0.6) is 0 Å². The van der Waals surface area contributed by atoms with Crippen LogP contribution in [0.15, 0.2) is 24.3 Å². The number of aryl methyl sites for hydroxylation is 1. The van der Waals surface area contributed by atoms with Crippen LogP contribution in [0.25, 0.3) is 10.9 Å². The lowest BCUT2D eigenvalue weighted by Crippen LogP contribution is -2.43. The minimum absolute atomic E-state index is 0.0325. The Morgan fingerprint density at radius 3 is 2.74 bits per heavy atom. The Bertz CT molecular complexity index is 801. The van der Waals surface area contributed by atoms with Crippen molar-refractivity contribution in [2.75, 3.05) is 13.2 Å². The molecule has 7 heteroatoms. The number of nitrogens with one attached hydrogen (secondary N) is 1. The predicted molar refractivity (Wildman–Crippen MR) is 104 cm³/mol. The minimum atomic E-state index is -0.895. The van der Waals surface area contributed by atoms with E-state index in [2.05, 4.69) is 5.32 Å². The molecule has 0 radical (unpaired) electrons. The van der Waals surface area contributed by atoms with Gasteiger partial charge in [-0.1, -0.05) is 43.6 Å². The third-order valence-corrected chi connectivity index (χ3v) is 5.25. The van der Waals surface area contributed by atoms with Gasteiger partial charge >= 0.3 is 5.97 Å². The number of esters is 1. The molecule has 1 aliphatic heterocycles. The summed E-state index contributed by atoms with van der Waals surface area (Å²) in [7, 11) is 1.76. The van der Waals surface area contributed by atoms with Gasteiger partial charge in [0.2, 0.25) is 0 Å². The molecule has 1 fully saturated rings. The number of para-hydroxylation sites is 1. The van der Waals surface area contributed by atoms with Gasteiger partial charge in [-0.2, -0.15) is 0 Å². The van der Waals surface area contributed by atoms with Gasteiger partial charge in [-0.25, -0.2) is 4.79 Å². The number of amides is 1. The Morgan fingerprint density at radius 1 is 1.37 bits per heavy atom. The highest BCUT2D eigenvalue weighted by atomic mass is 35.5. The fourth-order valence-electron chi connectivity index (χ4n) is 3.36. The quantitative estimate of drug-likeness (QED) is 0.766. The van der Waals surface area contributed by atoms with Gasteiger partial charge in [-0.15, -0.1) is 0 Å². The molecule has 1 aliphatic rings. The zero-order chi connectivity index (χ0) is 19.6. The van der Waals surface area contributed by atoms with Crippen LogP contribution in [0.2, 0.25) is 5.02 Å². The van der Waals surface area contributed by atoms with Crippen LogP contribution in [0.4, 0.5) is 0 Å². The number of ether oxygens (including phenoxy) is 2. The van der Waals surface area contributed by atoms with Crippen molar-refractivity contribution in [1.82, 2.24) is 9.88 Å². The Morgan fingerprint density at radius 2 is 2.11 bits per heavy atom. The van der Waals surface area contributed by atoms with Crippen molar-refractivity contribution in [3.8, 4) is 0 Å². The number of hydrogen-bond acceptors (Lipinski definition) is 4. The fourth-order valence-corrected chi connectivity index (χ4v) is 3.72. The van der Waals surface area contributed by atoms with E-state index in [9.17, 15) is 9.59 Å². The minimum Gasteiger partial charge on any atom is -0.447 e.